The number of rotatable bonds is 3. The molecule has 1 amide bonds. The number of carbonyl (C=O) groups excluding carboxylic acids is 1. The number of carbonyl (C=O) groups is 1. The Morgan fingerprint density at radius 1 is 1.10 bits per heavy atom. The lowest BCUT2D eigenvalue weighted by molar-refractivity contribution is 0.0792. The average Bonchev–Trinajstić information content (AvgIpc) is 3.02. The molecule has 1 aromatic rings. The zero-order valence-corrected chi connectivity index (χ0v) is 12.0. The molecular formula is C16H23N3O. The van der Waals surface area contributed by atoms with Crippen LogP contribution in [0.15, 0.2) is 18.5 Å². The van der Waals surface area contributed by atoms with Gasteiger partial charge in [0.2, 0.25) is 0 Å². The summed E-state index contributed by atoms with van der Waals surface area (Å²) in [5.41, 5.74) is 1.70. The van der Waals surface area contributed by atoms with Crippen LogP contribution >= 0.6 is 0 Å². The molecule has 4 heteroatoms. The molecule has 108 valence electrons. The second-order valence-electron chi connectivity index (χ2n) is 5.94. The topological polar surface area (TPSA) is 45.2 Å². The molecule has 2 heterocycles. The van der Waals surface area contributed by atoms with E-state index in [2.05, 4.69) is 10.3 Å². The van der Waals surface area contributed by atoms with Crippen molar-refractivity contribution in [3.05, 3.63) is 24.0 Å². The van der Waals surface area contributed by atoms with Crippen LogP contribution in [0.5, 0.6) is 0 Å². The van der Waals surface area contributed by atoms with Gasteiger partial charge in [-0.25, -0.2) is 0 Å². The van der Waals surface area contributed by atoms with Crippen LogP contribution in [0.3, 0.4) is 0 Å². The third-order valence-electron chi connectivity index (χ3n) is 4.35. The molecule has 2 fully saturated rings. The van der Waals surface area contributed by atoms with Gasteiger partial charge in [0.1, 0.15) is 0 Å². The van der Waals surface area contributed by atoms with Crippen molar-refractivity contribution in [2.75, 3.05) is 18.4 Å². The molecule has 0 unspecified atom stereocenters. The Bertz CT molecular complexity index is 463. The standard InChI is InChI=1S/C16H23N3O/c20-16(19-8-4-5-9-19)13-10-15(12-17-11-13)18-14-6-2-1-3-7-14/h10-12,14,18H,1-9H2. The van der Waals surface area contributed by atoms with Gasteiger partial charge in [-0.2, -0.15) is 0 Å². The average molecular weight is 273 g/mol. The minimum absolute atomic E-state index is 0.127. The Morgan fingerprint density at radius 2 is 1.85 bits per heavy atom. The first kappa shape index (κ1) is 13.4. The summed E-state index contributed by atoms with van der Waals surface area (Å²) in [5, 5.41) is 3.53. The number of anilines is 1. The molecule has 20 heavy (non-hydrogen) atoms. The van der Waals surface area contributed by atoms with E-state index in [-0.39, 0.29) is 5.91 Å². The minimum Gasteiger partial charge on any atom is -0.381 e. The largest absolute Gasteiger partial charge is 0.381 e. The number of amides is 1. The monoisotopic (exact) mass is 273 g/mol. The highest BCUT2D eigenvalue weighted by atomic mass is 16.2. The second-order valence-corrected chi connectivity index (χ2v) is 5.94. The van der Waals surface area contributed by atoms with Crippen molar-refractivity contribution in [2.24, 2.45) is 0 Å². The quantitative estimate of drug-likeness (QED) is 0.920. The summed E-state index contributed by atoms with van der Waals surface area (Å²) in [6.45, 7) is 1.78. The highest BCUT2D eigenvalue weighted by molar-refractivity contribution is 5.94. The summed E-state index contributed by atoms with van der Waals surface area (Å²) >= 11 is 0. The molecule has 1 aliphatic heterocycles. The summed E-state index contributed by atoms with van der Waals surface area (Å²) in [5.74, 6) is 0.127. The number of aromatic nitrogens is 1. The Labute approximate surface area is 120 Å². The molecule has 1 N–H and O–H groups in total. The Balaban J connectivity index is 1.67. The van der Waals surface area contributed by atoms with Crippen LogP contribution in [0.1, 0.15) is 55.3 Å². The predicted molar refractivity (Wildman–Crippen MR) is 79.9 cm³/mol. The zero-order valence-electron chi connectivity index (χ0n) is 12.0. The summed E-state index contributed by atoms with van der Waals surface area (Å²) < 4.78 is 0. The van der Waals surface area contributed by atoms with Gasteiger partial charge in [-0.15, -0.1) is 0 Å². The van der Waals surface area contributed by atoms with Crippen molar-refractivity contribution >= 4 is 11.6 Å². The smallest absolute Gasteiger partial charge is 0.255 e. The first-order valence-electron chi connectivity index (χ1n) is 7.84. The minimum atomic E-state index is 0.127. The molecule has 0 radical (unpaired) electrons. The SMILES string of the molecule is O=C(c1cncc(NC2CCCCC2)c1)N1CCCC1. The summed E-state index contributed by atoms with van der Waals surface area (Å²) in [7, 11) is 0. The summed E-state index contributed by atoms with van der Waals surface area (Å²) in [6, 6.07) is 2.50. The lowest BCUT2D eigenvalue weighted by atomic mass is 9.95. The lowest BCUT2D eigenvalue weighted by Crippen LogP contribution is -2.28. The predicted octanol–water partition coefficient (Wildman–Crippen LogP) is 3.06. The Kier molecular flexibility index (Phi) is 4.19. The highest BCUT2D eigenvalue weighted by Crippen LogP contribution is 2.22. The first-order valence-corrected chi connectivity index (χ1v) is 7.84. The van der Waals surface area contributed by atoms with E-state index >= 15 is 0 Å². The van der Waals surface area contributed by atoms with Crippen molar-refractivity contribution in [1.29, 1.82) is 0 Å². The maximum absolute atomic E-state index is 12.3. The van der Waals surface area contributed by atoms with Gasteiger partial charge < -0.3 is 10.2 Å². The fourth-order valence-corrected chi connectivity index (χ4v) is 3.22. The van der Waals surface area contributed by atoms with Crippen LogP contribution in [0, 0.1) is 0 Å². The van der Waals surface area contributed by atoms with Crippen LogP contribution in [-0.4, -0.2) is 34.9 Å². The Hall–Kier alpha value is -1.58. The zero-order chi connectivity index (χ0) is 13.8. The molecule has 1 saturated heterocycles. The van der Waals surface area contributed by atoms with E-state index in [9.17, 15) is 4.79 Å². The molecule has 0 aromatic carbocycles. The third-order valence-corrected chi connectivity index (χ3v) is 4.35. The fourth-order valence-electron chi connectivity index (χ4n) is 3.22. The van der Waals surface area contributed by atoms with Crippen molar-refractivity contribution < 1.29 is 4.79 Å². The van der Waals surface area contributed by atoms with E-state index in [4.69, 9.17) is 0 Å². The van der Waals surface area contributed by atoms with E-state index < -0.39 is 0 Å². The van der Waals surface area contributed by atoms with Crippen molar-refractivity contribution in [3.8, 4) is 0 Å². The van der Waals surface area contributed by atoms with Gasteiger partial charge in [0.05, 0.1) is 11.3 Å². The third kappa shape index (κ3) is 3.11. The van der Waals surface area contributed by atoms with Gasteiger partial charge >= 0.3 is 0 Å². The van der Waals surface area contributed by atoms with Gasteiger partial charge in [-0.05, 0) is 31.7 Å². The highest BCUT2D eigenvalue weighted by Gasteiger charge is 2.20. The van der Waals surface area contributed by atoms with Gasteiger partial charge in [0.15, 0.2) is 0 Å². The van der Waals surface area contributed by atoms with Gasteiger partial charge in [0.25, 0.3) is 5.91 Å². The number of hydrogen-bond acceptors (Lipinski definition) is 3. The molecule has 1 aromatic heterocycles. The normalized spacial score (nSPS) is 20.1. The summed E-state index contributed by atoms with van der Waals surface area (Å²) in [4.78, 5) is 18.5. The van der Waals surface area contributed by atoms with Gasteiger partial charge in [-0.3, -0.25) is 9.78 Å². The van der Waals surface area contributed by atoms with E-state index in [0.29, 0.717) is 11.6 Å². The van der Waals surface area contributed by atoms with Crippen molar-refractivity contribution in [2.45, 2.75) is 51.0 Å². The van der Waals surface area contributed by atoms with E-state index in [1.165, 1.54) is 32.1 Å². The van der Waals surface area contributed by atoms with E-state index in [0.717, 1.165) is 31.6 Å². The van der Waals surface area contributed by atoms with Crippen LogP contribution in [0.4, 0.5) is 5.69 Å². The number of nitrogens with one attached hydrogen (secondary N) is 1. The number of pyridine rings is 1. The van der Waals surface area contributed by atoms with Gasteiger partial charge in [0, 0.05) is 31.5 Å². The van der Waals surface area contributed by atoms with Crippen molar-refractivity contribution in [1.82, 2.24) is 9.88 Å². The van der Waals surface area contributed by atoms with Crippen LogP contribution < -0.4 is 5.32 Å². The molecular weight excluding hydrogens is 250 g/mol. The molecule has 4 nitrogen and oxygen atoms in total. The maximum atomic E-state index is 12.3. The van der Waals surface area contributed by atoms with Crippen LogP contribution in [-0.2, 0) is 0 Å². The number of likely N-dealkylation sites (tertiary alicyclic amines) is 1. The number of nitrogens with zero attached hydrogens (tertiary/aromatic N) is 2. The van der Waals surface area contributed by atoms with Crippen LogP contribution in [0.25, 0.3) is 0 Å². The van der Waals surface area contributed by atoms with E-state index in [1.54, 1.807) is 6.20 Å². The van der Waals surface area contributed by atoms with E-state index in [1.807, 2.05) is 17.2 Å². The second kappa shape index (κ2) is 6.25. The molecule has 3 rings (SSSR count). The molecule has 1 aliphatic carbocycles. The first-order chi connectivity index (χ1) is 9.83. The van der Waals surface area contributed by atoms with Gasteiger partial charge in [-0.1, -0.05) is 19.3 Å². The maximum Gasteiger partial charge on any atom is 0.255 e. The van der Waals surface area contributed by atoms with Crippen LogP contribution in [0.2, 0.25) is 0 Å². The molecule has 0 bridgehead atoms. The lowest BCUT2D eigenvalue weighted by Gasteiger charge is -2.24. The molecule has 0 atom stereocenters. The molecule has 1 saturated carbocycles. The fraction of sp³-hybridized carbons (Fsp3) is 0.625. The summed E-state index contributed by atoms with van der Waals surface area (Å²) in [6.07, 6.45) is 12.2. The molecule has 0 spiro atoms. The Morgan fingerprint density at radius 3 is 2.60 bits per heavy atom. The number of hydrogen-bond donors (Lipinski definition) is 1. The van der Waals surface area contributed by atoms with Crippen molar-refractivity contribution in [3.63, 3.8) is 0 Å². The molecule has 2 aliphatic rings.